The number of sulfonamides is 1. The third kappa shape index (κ3) is 5.31. The first kappa shape index (κ1) is 26.7. The topological polar surface area (TPSA) is 120 Å². The molecule has 2 aliphatic rings. The smallest absolute Gasteiger partial charge is 0.234 e. The molecule has 4 heterocycles. The number of nitrogens with one attached hydrogen (secondary N) is 1. The zero-order chi connectivity index (χ0) is 27.0. The standard InChI is InChI=1S/C25H28Cl2N8O2S/c1-16(20-6-5-19(26)10-21(20)27)35-25-24(22(11-28)32-35)30-12-23(31-25)34-14-18(15-34)17-4-3-7-33(13-17)8-9-38(36,37)29-2/h5-6,8-10,12,16-18,29H,3-4,7,13-15H2,1-2H3/t16-,17-/m1/s1. The average Bonchev–Trinajstić information content (AvgIpc) is 3.25. The van der Waals surface area contributed by atoms with E-state index in [2.05, 4.69) is 30.7 Å². The molecular weight excluding hydrogens is 547 g/mol. The molecule has 0 aliphatic carbocycles. The van der Waals surface area contributed by atoms with Crippen LogP contribution in [0.5, 0.6) is 0 Å². The van der Waals surface area contributed by atoms with Crippen molar-refractivity contribution in [3.05, 3.63) is 57.3 Å². The molecule has 38 heavy (non-hydrogen) atoms. The highest BCUT2D eigenvalue weighted by Gasteiger charge is 2.36. The molecule has 2 saturated heterocycles. The van der Waals surface area contributed by atoms with E-state index in [1.54, 1.807) is 29.2 Å². The molecule has 2 aliphatic heterocycles. The van der Waals surface area contributed by atoms with Crippen LogP contribution in [0.15, 0.2) is 36.0 Å². The number of anilines is 1. The number of likely N-dealkylation sites (tertiary alicyclic amines) is 1. The van der Waals surface area contributed by atoms with E-state index in [-0.39, 0.29) is 11.7 Å². The van der Waals surface area contributed by atoms with Gasteiger partial charge in [0.1, 0.15) is 17.4 Å². The van der Waals surface area contributed by atoms with Gasteiger partial charge in [-0.25, -0.2) is 27.8 Å². The number of hydrogen-bond donors (Lipinski definition) is 1. The van der Waals surface area contributed by atoms with Crippen molar-refractivity contribution in [3.8, 4) is 6.07 Å². The summed E-state index contributed by atoms with van der Waals surface area (Å²) < 4.78 is 27.5. The number of aromatic nitrogens is 4. The summed E-state index contributed by atoms with van der Waals surface area (Å²) in [6.07, 6.45) is 5.52. The van der Waals surface area contributed by atoms with Gasteiger partial charge in [-0.1, -0.05) is 29.3 Å². The summed E-state index contributed by atoms with van der Waals surface area (Å²) in [6, 6.07) is 7.14. The largest absolute Gasteiger partial charge is 0.376 e. The Morgan fingerprint density at radius 1 is 1.24 bits per heavy atom. The van der Waals surface area contributed by atoms with Crippen LogP contribution < -0.4 is 9.62 Å². The summed E-state index contributed by atoms with van der Waals surface area (Å²) in [5.74, 6) is 1.69. The summed E-state index contributed by atoms with van der Waals surface area (Å²) in [4.78, 5) is 13.7. The Morgan fingerprint density at radius 3 is 2.74 bits per heavy atom. The molecule has 3 aromatic rings. The second kappa shape index (κ2) is 10.7. The van der Waals surface area contributed by atoms with Crippen molar-refractivity contribution in [2.75, 3.05) is 38.1 Å². The van der Waals surface area contributed by atoms with E-state index in [4.69, 9.17) is 28.2 Å². The van der Waals surface area contributed by atoms with E-state index in [1.807, 2.05) is 13.0 Å². The first-order chi connectivity index (χ1) is 18.2. The van der Waals surface area contributed by atoms with Gasteiger partial charge in [-0.15, -0.1) is 0 Å². The second-order valence-corrected chi connectivity index (χ2v) is 12.4. The summed E-state index contributed by atoms with van der Waals surface area (Å²) >= 11 is 12.5. The fraction of sp³-hybridized carbons (Fsp3) is 0.440. The molecule has 0 amide bonds. The summed E-state index contributed by atoms with van der Waals surface area (Å²) in [5, 5.41) is 16.4. The Kier molecular flexibility index (Phi) is 7.51. The van der Waals surface area contributed by atoms with Gasteiger partial charge < -0.3 is 9.80 Å². The van der Waals surface area contributed by atoms with Crippen molar-refractivity contribution in [3.63, 3.8) is 0 Å². The van der Waals surface area contributed by atoms with Crippen LogP contribution in [0.25, 0.3) is 11.2 Å². The molecular formula is C25H28Cl2N8O2S. The van der Waals surface area contributed by atoms with Gasteiger partial charge >= 0.3 is 0 Å². The summed E-state index contributed by atoms with van der Waals surface area (Å²) in [6.45, 7) is 5.31. The zero-order valence-corrected chi connectivity index (χ0v) is 23.4. The number of nitriles is 1. The predicted octanol–water partition coefficient (Wildman–Crippen LogP) is 3.78. The third-order valence-electron chi connectivity index (χ3n) is 7.40. The lowest BCUT2D eigenvalue weighted by Gasteiger charge is -2.46. The number of piperidine rings is 1. The van der Waals surface area contributed by atoms with E-state index < -0.39 is 10.0 Å². The summed E-state index contributed by atoms with van der Waals surface area (Å²) in [7, 11) is -1.97. The molecule has 5 rings (SSSR count). The average molecular weight is 576 g/mol. The number of benzene rings is 1. The van der Waals surface area contributed by atoms with Crippen molar-refractivity contribution >= 4 is 50.2 Å². The van der Waals surface area contributed by atoms with E-state index in [1.165, 1.54) is 12.5 Å². The van der Waals surface area contributed by atoms with Crippen molar-refractivity contribution < 1.29 is 8.42 Å². The lowest BCUT2D eigenvalue weighted by Crippen LogP contribution is -2.53. The van der Waals surface area contributed by atoms with Crippen LogP contribution in [-0.2, 0) is 10.0 Å². The highest BCUT2D eigenvalue weighted by atomic mass is 35.5. The molecule has 0 radical (unpaired) electrons. The van der Waals surface area contributed by atoms with Gasteiger partial charge in [0.05, 0.1) is 17.6 Å². The first-order valence-electron chi connectivity index (χ1n) is 12.4. The summed E-state index contributed by atoms with van der Waals surface area (Å²) in [5.41, 5.74) is 2.02. The maximum absolute atomic E-state index is 11.7. The van der Waals surface area contributed by atoms with Gasteiger partial charge in [-0.2, -0.15) is 10.4 Å². The Morgan fingerprint density at radius 2 is 2.03 bits per heavy atom. The van der Waals surface area contributed by atoms with Crippen LogP contribution >= 0.6 is 23.2 Å². The van der Waals surface area contributed by atoms with Gasteiger partial charge in [0.15, 0.2) is 11.3 Å². The van der Waals surface area contributed by atoms with Gasteiger partial charge in [-0.3, -0.25) is 0 Å². The Labute approximate surface area is 231 Å². The molecule has 2 aromatic heterocycles. The van der Waals surface area contributed by atoms with Gasteiger partial charge in [-0.05, 0) is 56.3 Å². The van der Waals surface area contributed by atoms with Crippen LogP contribution in [0.2, 0.25) is 10.0 Å². The third-order valence-corrected chi connectivity index (χ3v) is 9.01. The lowest BCUT2D eigenvalue weighted by molar-refractivity contribution is 0.154. The molecule has 200 valence electrons. The van der Waals surface area contributed by atoms with Crippen LogP contribution in [0.1, 0.15) is 37.1 Å². The van der Waals surface area contributed by atoms with E-state index >= 15 is 0 Å². The number of hydrogen-bond acceptors (Lipinski definition) is 8. The highest BCUT2D eigenvalue weighted by molar-refractivity contribution is 7.92. The fourth-order valence-corrected chi connectivity index (χ4v) is 6.20. The Balaban J connectivity index is 1.32. The molecule has 0 spiro atoms. The highest BCUT2D eigenvalue weighted by Crippen LogP contribution is 2.35. The van der Waals surface area contributed by atoms with Gasteiger partial charge in [0.2, 0.25) is 10.0 Å². The molecule has 1 aromatic carbocycles. The molecule has 2 atom stereocenters. The Hall–Kier alpha value is -2.91. The van der Waals surface area contributed by atoms with Gasteiger partial charge in [0.25, 0.3) is 0 Å². The van der Waals surface area contributed by atoms with Gasteiger partial charge in [0, 0.05) is 42.4 Å². The lowest BCUT2D eigenvalue weighted by atomic mass is 9.80. The maximum Gasteiger partial charge on any atom is 0.234 e. The minimum absolute atomic E-state index is 0.216. The molecule has 1 N–H and O–H groups in total. The van der Waals surface area contributed by atoms with Crippen molar-refractivity contribution in [2.45, 2.75) is 25.8 Å². The monoisotopic (exact) mass is 574 g/mol. The second-order valence-electron chi connectivity index (χ2n) is 9.74. The van der Waals surface area contributed by atoms with E-state index in [0.717, 1.165) is 50.4 Å². The van der Waals surface area contributed by atoms with E-state index in [9.17, 15) is 13.7 Å². The predicted molar refractivity (Wildman–Crippen MR) is 147 cm³/mol. The normalized spacial score (nSPS) is 19.6. The first-order valence-corrected chi connectivity index (χ1v) is 14.7. The molecule has 0 bridgehead atoms. The minimum atomic E-state index is -3.38. The number of nitrogens with zero attached hydrogens (tertiary/aromatic N) is 7. The van der Waals surface area contributed by atoms with Crippen LogP contribution in [0.3, 0.4) is 0 Å². The Bertz CT molecular complexity index is 1530. The number of fused-ring (bicyclic) bond motifs is 1. The van der Waals surface area contributed by atoms with Crippen molar-refractivity contribution in [1.29, 1.82) is 5.26 Å². The molecule has 0 unspecified atom stereocenters. The number of halogens is 2. The maximum atomic E-state index is 11.7. The van der Waals surface area contributed by atoms with Crippen LogP contribution in [-0.4, -0.2) is 66.3 Å². The zero-order valence-electron chi connectivity index (χ0n) is 21.0. The minimum Gasteiger partial charge on any atom is -0.376 e. The quantitative estimate of drug-likeness (QED) is 0.452. The van der Waals surface area contributed by atoms with Crippen LogP contribution in [0.4, 0.5) is 5.82 Å². The van der Waals surface area contributed by atoms with Crippen molar-refractivity contribution in [2.24, 2.45) is 11.8 Å². The van der Waals surface area contributed by atoms with Crippen molar-refractivity contribution in [1.82, 2.24) is 29.4 Å². The fourth-order valence-electron chi connectivity index (χ4n) is 5.16. The molecule has 0 saturated carbocycles. The molecule has 2 fully saturated rings. The molecule has 13 heteroatoms. The number of rotatable bonds is 7. The SMILES string of the molecule is CNS(=O)(=O)C=CN1CCC[C@@H](C2CN(c3cnc4c(C#N)nn([C@H](C)c5ccc(Cl)cc5Cl)c4n3)C2)C1. The molecule has 10 nitrogen and oxygen atoms in total. The van der Waals surface area contributed by atoms with Crippen LogP contribution in [0, 0.1) is 23.2 Å². The van der Waals surface area contributed by atoms with E-state index in [0.29, 0.717) is 33.0 Å².